The van der Waals surface area contributed by atoms with Crippen LogP contribution < -0.4 is 16.4 Å². The van der Waals surface area contributed by atoms with E-state index in [2.05, 4.69) is 10.6 Å². The van der Waals surface area contributed by atoms with Gasteiger partial charge in [0.15, 0.2) is 0 Å². The van der Waals surface area contributed by atoms with E-state index in [1.807, 2.05) is 36.4 Å². The van der Waals surface area contributed by atoms with E-state index in [0.717, 1.165) is 11.1 Å². The van der Waals surface area contributed by atoms with Crippen LogP contribution in [0, 0.1) is 0 Å². The fourth-order valence-electron chi connectivity index (χ4n) is 4.05. The number of amides is 3. The number of likely N-dealkylation sites (tertiary alicyclic amines) is 1. The zero-order valence-corrected chi connectivity index (χ0v) is 18.9. The number of aliphatic carboxylic acids is 1. The highest BCUT2D eigenvalue weighted by molar-refractivity contribution is 5.93. The summed E-state index contributed by atoms with van der Waals surface area (Å²) in [5.74, 6) is -2.54. The highest BCUT2D eigenvalue weighted by Gasteiger charge is 2.36. The average molecular weight is 467 g/mol. The smallest absolute Gasteiger partial charge is 0.326 e. The lowest BCUT2D eigenvalue weighted by atomic mass is 10.1. The summed E-state index contributed by atoms with van der Waals surface area (Å²) in [5, 5.41) is 14.4. The number of carbonyl (C=O) groups excluding carboxylic acids is 3. The number of nitrogens with zero attached hydrogens (tertiary/aromatic N) is 1. The highest BCUT2D eigenvalue weighted by Crippen LogP contribution is 2.19. The Labute approximate surface area is 198 Å². The average Bonchev–Trinajstić information content (AvgIpc) is 3.33. The van der Waals surface area contributed by atoms with E-state index in [-0.39, 0.29) is 18.9 Å². The van der Waals surface area contributed by atoms with Gasteiger partial charge in [-0.1, -0.05) is 60.7 Å². The van der Waals surface area contributed by atoms with Crippen LogP contribution in [-0.2, 0) is 32.0 Å². The summed E-state index contributed by atoms with van der Waals surface area (Å²) < 4.78 is 0. The predicted octanol–water partition coefficient (Wildman–Crippen LogP) is 0.476. The molecule has 0 aromatic heterocycles. The normalized spacial score (nSPS) is 17.0. The summed E-state index contributed by atoms with van der Waals surface area (Å²) >= 11 is 0. The maximum atomic E-state index is 12.9. The molecule has 2 aromatic rings. The fraction of sp³-hybridized carbons (Fsp3) is 0.360. The second-order valence-corrected chi connectivity index (χ2v) is 8.35. The molecule has 1 aliphatic heterocycles. The third-order valence-electron chi connectivity index (χ3n) is 5.79. The molecule has 0 spiro atoms. The number of hydrogen-bond acceptors (Lipinski definition) is 5. The van der Waals surface area contributed by atoms with Gasteiger partial charge in [-0.15, -0.1) is 0 Å². The standard InChI is InChI=1S/C25H30N4O5/c26-19(14-17-8-3-1-4-9-17)24(32)29-13-7-12-21(29)23(31)27-16-22(30)28-20(25(33)34)15-18-10-5-2-6-11-18/h1-6,8-11,19-21H,7,12-16,26H2,(H,27,31)(H,28,30)(H,33,34)/t19-,20-,21+/m1/s1. The number of carbonyl (C=O) groups is 4. The number of nitrogens with two attached hydrogens (primary N) is 1. The first-order valence-electron chi connectivity index (χ1n) is 11.3. The molecule has 3 atom stereocenters. The first-order chi connectivity index (χ1) is 16.3. The number of benzene rings is 2. The molecule has 0 bridgehead atoms. The highest BCUT2D eigenvalue weighted by atomic mass is 16.4. The molecule has 2 aromatic carbocycles. The second-order valence-electron chi connectivity index (χ2n) is 8.35. The van der Waals surface area contributed by atoms with Crippen molar-refractivity contribution in [1.29, 1.82) is 0 Å². The van der Waals surface area contributed by atoms with Crippen LogP contribution in [0.2, 0.25) is 0 Å². The topological polar surface area (TPSA) is 142 Å². The minimum Gasteiger partial charge on any atom is -0.480 e. The van der Waals surface area contributed by atoms with Gasteiger partial charge in [0.1, 0.15) is 12.1 Å². The van der Waals surface area contributed by atoms with Crippen molar-refractivity contribution in [2.24, 2.45) is 5.73 Å². The number of nitrogens with one attached hydrogen (secondary N) is 2. The molecule has 9 nitrogen and oxygen atoms in total. The summed E-state index contributed by atoms with van der Waals surface area (Å²) in [4.78, 5) is 50.9. The van der Waals surface area contributed by atoms with Crippen molar-refractivity contribution in [3.05, 3.63) is 71.8 Å². The van der Waals surface area contributed by atoms with Gasteiger partial charge in [0.2, 0.25) is 17.7 Å². The molecule has 180 valence electrons. The molecule has 3 amide bonds. The second kappa shape index (κ2) is 11.9. The molecule has 1 aliphatic rings. The molecule has 5 N–H and O–H groups in total. The molecule has 1 heterocycles. The largest absolute Gasteiger partial charge is 0.480 e. The molecular formula is C25H30N4O5. The first-order valence-corrected chi connectivity index (χ1v) is 11.3. The molecule has 1 fully saturated rings. The van der Waals surface area contributed by atoms with Crippen molar-refractivity contribution in [2.75, 3.05) is 13.1 Å². The lowest BCUT2D eigenvalue weighted by molar-refractivity contribution is -0.142. The quantitative estimate of drug-likeness (QED) is 0.401. The summed E-state index contributed by atoms with van der Waals surface area (Å²) in [6.45, 7) is 0.0375. The van der Waals surface area contributed by atoms with E-state index in [9.17, 15) is 24.3 Å². The Bertz CT molecular complexity index is 999. The van der Waals surface area contributed by atoms with E-state index >= 15 is 0 Å². The Kier molecular flexibility index (Phi) is 8.75. The van der Waals surface area contributed by atoms with E-state index in [1.54, 1.807) is 24.3 Å². The first kappa shape index (κ1) is 24.9. The Hall–Kier alpha value is -3.72. The maximum Gasteiger partial charge on any atom is 0.326 e. The van der Waals surface area contributed by atoms with E-state index in [4.69, 9.17) is 5.73 Å². The van der Waals surface area contributed by atoms with Gasteiger partial charge in [-0.2, -0.15) is 0 Å². The zero-order chi connectivity index (χ0) is 24.5. The van der Waals surface area contributed by atoms with Gasteiger partial charge >= 0.3 is 5.97 Å². The van der Waals surface area contributed by atoms with Crippen LogP contribution >= 0.6 is 0 Å². The molecule has 0 saturated carbocycles. The summed E-state index contributed by atoms with van der Waals surface area (Å²) in [6.07, 6.45) is 1.63. The van der Waals surface area contributed by atoms with E-state index in [0.29, 0.717) is 25.8 Å². The molecule has 0 radical (unpaired) electrons. The summed E-state index contributed by atoms with van der Waals surface area (Å²) in [5.41, 5.74) is 7.82. The third-order valence-corrected chi connectivity index (χ3v) is 5.79. The minimum atomic E-state index is -1.16. The van der Waals surface area contributed by atoms with Crippen LogP contribution in [0.5, 0.6) is 0 Å². The molecule has 0 unspecified atom stereocenters. The van der Waals surface area contributed by atoms with Gasteiger partial charge in [0.05, 0.1) is 12.6 Å². The summed E-state index contributed by atoms with van der Waals surface area (Å²) in [6, 6.07) is 15.8. The number of carboxylic acid groups (broad SMARTS) is 1. The predicted molar refractivity (Wildman–Crippen MR) is 126 cm³/mol. The molecule has 1 saturated heterocycles. The fourth-order valence-corrected chi connectivity index (χ4v) is 4.05. The monoisotopic (exact) mass is 466 g/mol. The number of hydrogen-bond donors (Lipinski definition) is 4. The van der Waals surface area contributed by atoms with Crippen molar-refractivity contribution in [2.45, 2.75) is 43.8 Å². The van der Waals surface area contributed by atoms with Crippen molar-refractivity contribution < 1.29 is 24.3 Å². The lowest BCUT2D eigenvalue weighted by Crippen LogP contribution is -2.53. The van der Waals surface area contributed by atoms with Crippen molar-refractivity contribution in [3.8, 4) is 0 Å². The van der Waals surface area contributed by atoms with Gasteiger partial charge in [-0.05, 0) is 30.4 Å². The van der Waals surface area contributed by atoms with Gasteiger partial charge in [-0.25, -0.2) is 4.79 Å². The summed E-state index contributed by atoms with van der Waals surface area (Å²) in [7, 11) is 0. The number of carboxylic acids is 1. The lowest BCUT2D eigenvalue weighted by Gasteiger charge is -2.26. The Morgan fingerprint density at radius 2 is 1.56 bits per heavy atom. The third kappa shape index (κ3) is 6.89. The van der Waals surface area contributed by atoms with Gasteiger partial charge in [-0.3, -0.25) is 14.4 Å². The van der Waals surface area contributed by atoms with Crippen LogP contribution in [0.1, 0.15) is 24.0 Å². The van der Waals surface area contributed by atoms with Crippen molar-refractivity contribution >= 4 is 23.7 Å². The Morgan fingerprint density at radius 1 is 0.971 bits per heavy atom. The van der Waals surface area contributed by atoms with Crippen LogP contribution in [0.3, 0.4) is 0 Å². The molecule has 0 aliphatic carbocycles. The maximum absolute atomic E-state index is 12.9. The van der Waals surface area contributed by atoms with E-state index in [1.165, 1.54) is 4.90 Å². The Morgan fingerprint density at radius 3 is 2.15 bits per heavy atom. The molecule has 9 heteroatoms. The van der Waals surface area contributed by atoms with Gasteiger partial charge in [0, 0.05) is 13.0 Å². The van der Waals surface area contributed by atoms with Crippen molar-refractivity contribution in [1.82, 2.24) is 15.5 Å². The molecular weight excluding hydrogens is 436 g/mol. The van der Waals surface area contributed by atoms with Crippen LogP contribution in [0.25, 0.3) is 0 Å². The van der Waals surface area contributed by atoms with Gasteiger partial charge < -0.3 is 26.4 Å². The van der Waals surface area contributed by atoms with Crippen LogP contribution in [0.4, 0.5) is 0 Å². The Balaban J connectivity index is 1.51. The van der Waals surface area contributed by atoms with E-state index < -0.39 is 35.9 Å². The number of rotatable bonds is 10. The zero-order valence-electron chi connectivity index (χ0n) is 18.9. The van der Waals surface area contributed by atoms with Crippen LogP contribution in [-0.4, -0.2) is 64.9 Å². The van der Waals surface area contributed by atoms with Gasteiger partial charge in [0.25, 0.3) is 0 Å². The minimum absolute atomic E-state index is 0.125. The van der Waals surface area contributed by atoms with Crippen molar-refractivity contribution in [3.63, 3.8) is 0 Å². The van der Waals surface area contributed by atoms with Crippen LogP contribution in [0.15, 0.2) is 60.7 Å². The SMILES string of the molecule is N[C@H](Cc1ccccc1)C(=O)N1CCC[C@H]1C(=O)NCC(=O)N[C@H](Cc1ccccc1)C(=O)O. The molecule has 34 heavy (non-hydrogen) atoms. The molecule has 3 rings (SSSR count).